The van der Waals surface area contributed by atoms with Crippen LogP contribution >= 0.6 is 11.8 Å². The Morgan fingerprint density at radius 2 is 2.38 bits per heavy atom. The second-order valence-corrected chi connectivity index (χ2v) is 4.62. The average molecular weight is 242 g/mol. The zero-order valence-corrected chi connectivity index (χ0v) is 9.87. The molecule has 1 heterocycles. The fraction of sp³-hybridized carbons (Fsp3) is 0.667. The lowest BCUT2D eigenvalue weighted by molar-refractivity contribution is -0.127. The number of carbonyl (C=O) groups excluding carboxylic acids is 1. The van der Waals surface area contributed by atoms with Gasteiger partial charge in [0.2, 0.25) is 11.8 Å². The van der Waals surface area contributed by atoms with Crippen molar-refractivity contribution in [2.45, 2.75) is 30.7 Å². The molecule has 0 atom stereocenters. The molecule has 6 nitrogen and oxygen atoms in total. The largest absolute Gasteiger partial charge is 0.415 e. The molecule has 0 aliphatic heterocycles. The van der Waals surface area contributed by atoms with Crippen LogP contribution in [0.25, 0.3) is 0 Å². The second-order valence-electron chi connectivity index (χ2n) is 3.69. The van der Waals surface area contributed by atoms with Gasteiger partial charge >= 0.3 is 0 Å². The summed E-state index contributed by atoms with van der Waals surface area (Å²) in [6.45, 7) is 0.226. The van der Waals surface area contributed by atoms with Crippen molar-refractivity contribution in [3.63, 3.8) is 0 Å². The van der Waals surface area contributed by atoms with Crippen LogP contribution in [0.4, 0.5) is 0 Å². The lowest BCUT2D eigenvalue weighted by Gasteiger charge is -2.14. The lowest BCUT2D eigenvalue weighted by Crippen LogP contribution is -2.30. The maximum absolute atomic E-state index is 11.7. The molecule has 1 amide bonds. The molecule has 1 aliphatic rings. The van der Waals surface area contributed by atoms with Crippen molar-refractivity contribution in [2.24, 2.45) is 5.73 Å². The summed E-state index contributed by atoms with van der Waals surface area (Å²) in [4.78, 5) is 13.4. The van der Waals surface area contributed by atoms with E-state index in [2.05, 4.69) is 10.2 Å². The third-order valence-corrected chi connectivity index (χ3v) is 3.23. The molecule has 0 aromatic carbocycles. The molecule has 1 aromatic heterocycles. The van der Waals surface area contributed by atoms with Crippen molar-refractivity contribution >= 4 is 17.7 Å². The smallest absolute Gasteiger partial charge is 0.277 e. The predicted octanol–water partition coefficient (Wildman–Crippen LogP) is 0.241. The molecule has 0 radical (unpaired) electrons. The molecule has 7 heteroatoms. The maximum Gasteiger partial charge on any atom is 0.277 e. The van der Waals surface area contributed by atoms with Gasteiger partial charge in [-0.15, -0.1) is 10.2 Å². The number of hydrogen-bond acceptors (Lipinski definition) is 6. The Labute approximate surface area is 97.6 Å². The van der Waals surface area contributed by atoms with Gasteiger partial charge in [-0.25, -0.2) is 0 Å². The molecule has 0 spiro atoms. The first-order valence-electron chi connectivity index (χ1n) is 5.11. The normalized spacial score (nSPS) is 15.1. The summed E-state index contributed by atoms with van der Waals surface area (Å²) in [5, 5.41) is 7.89. The summed E-state index contributed by atoms with van der Waals surface area (Å²) in [5.74, 6) is 0.824. The molecule has 0 bridgehead atoms. The van der Waals surface area contributed by atoms with Gasteiger partial charge in [-0.1, -0.05) is 11.8 Å². The molecule has 1 aliphatic carbocycles. The van der Waals surface area contributed by atoms with Gasteiger partial charge in [-0.3, -0.25) is 4.79 Å². The van der Waals surface area contributed by atoms with Crippen LogP contribution in [0.3, 0.4) is 0 Å². The minimum absolute atomic E-state index is 0.0972. The highest BCUT2D eigenvalue weighted by atomic mass is 32.2. The average Bonchev–Trinajstić information content (AvgIpc) is 3.04. The Morgan fingerprint density at radius 3 is 2.94 bits per heavy atom. The van der Waals surface area contributed by atoms with Crippen LogP contribution < -0.4 is 5.73 Å². The van der Waals surface area contributed by atoms with E-state index in [4.69, 9.17) is 10.2 Å². The summed E-state index contributed by atoms with van der Waals surface area (Å²) < 4.78 is 5.18. The van der Waals surface area contributed by atoms with Crippen molar-refractivity contribution in [3.05, 3.63) is 5.89 Å². The number of thioether (sulfide) groups is 1. The van der Waals surface area contributed by atoms with E-state index in [-0.39, 0.29) is 12.5 Å². The molecule has 2 rings (SSSR count). The van der Waals surface area contributed by atoms with E-state index >= 15 is 0 Å². The minimum atomic E-state index is 0.0972. The van der Waals surface area contributed by atoms with Gasteiger partial charge in [0.25, 0.3) is 5.22 Å². The van der Waals surface area contributed by atoms with Gasteiger partial charge < -0.3 is 15.1 Å². The molecular weight excluding hydrogens is 228 g/mol. The van der Waals surface area contributed by atoms with Crippen molar-refractivity contribution < 1.29 is 9.21 Å². The predicted molar refractivity (Wildman–Crippen MR) is 58.7 cm³/mol. The molecule has 1 fully saturated rings. The van der Waals surface area contributed by atoms with E-state index < -0.39 is 0 Å². The van der Waals surface area contributed by atoms with Gasteiger partial charge in [0, 0.05) is 13.1 Å². The maximum atomic E-state index is 11.7. The Morgan fingerprint density at radius 1 is 1.62 bits per heavy atom. The number of carbonyl (C=O) groups is 1. The molecular formula is C9H14N4O2S. The van der Waals surface area contributed by atoms with Crippen molar-refractivity contribution in [2.75, 3.05) is 12.8 Å². The van der Waals surface area contributed by atoms with Crippen LogP contribution in [-0.2, 0) is 11.3 Å². The van der Waals surface area contributed by atoms with E-state index in [9.17, 15) is 4.79 Å². The van der Waals surface area contributed by atoms with Crippen LogP contribution in [0.5, 0.6) is 0 Å². The SMILES string of the molecule is CN(C(=O)CSc1nnc(CN)o1)C1CC1. The van der Waals surface area contributed by atoms with Crippen molar-refractivity contribution in [1.29, 1.82) is 0 Å². The van der Waals surface area contributed by atoms with Crippen molar-refractivity contribution in [1.82, 2.24) is 15.1 Å². The Kier molecular flexibility index (Phi) is 3.45. The van der Waals surface area contributed by atoms with Crippen LogP contribution in [0.1, 0.15) is 18.7 Å². The third kappa shape index (κ3) is 2.73. The minimum Gasteiger partial charge on any atom is -0.415 e. The van der Waals surface area contributed by atoms with E-state index in [1.54, 1.807) is 4.90 Å². The quantitative estimate of drug-likeness (QED) is 0.744. The Balaban J connectivity index is 1.79. The van der Waals surface area contributed by atoms with E-state index in [1.165, 1.54) is 11.8 Å². The molecule has 1 aromatic rings. The standard InChI is InChI=1S/C9H14N4O2S/c1-13(6-2-3-6)8(14)5-16-9-12-11-7(4-10)15-9/h6H,2-5,10H2,1H3. The first kappa shape index (κ1) is 11.4. The highest BCUT2D eigenvalue weighted by Gasteiger charge is 2.29. The highest BCUT2D eigenvalue weighted by Crippen LogP contribution is 2.26. The summed E-state index contributed by atoms with van der Waals surface area (Å²) >= 11 is 1.25. The Hall–Kier alpha value is -1.08. The topological polar surface area (TPSA) is 85.2 Å². The summed E-state index contributed by atoms with van der Waals surface area (Å²) in [7, 11) is 1.83. The first-order valence-corrected chi connectivity index (χ1v) is 6.10. The van der Waals surface area contributed by atoms with Gasteiger partial charge in [0.05, 0.1) is 12.3 Å². The molecule has 0 unspecified atom stereocenters. The number of aromatic nitrogens is 2. The summed E-state index contributed by atoms with van der Waals surface area (Å²) in [6.07, 6.45) is 2.23. The van der Waals surface area contributed by atoms with Crippen LogP contribution in [0.15, 0.2) is 9.64 Å². The van der Waals surface area contributed by atoms with Crippen LogP contribution in [0.2, 0.25) is 0 Å². The summed E-state index contributed by atoms with van der Waals surface area (Å²) in [6, 6.07) is 0.440. The van der Waals surface area contributed by atoms with Crippen LogP contribution in [-0.4, -0.2) is 39.8 Å². The first-order chi connectivity index (χ1) is 7.70. The van der Waals surface area contributed by atoms with E-state index in [1.807, 2.05) is 7.05 Å². The molecule has 1 saturated carbocycles. The molecule has 88 valence electrons. The number of nitrogens with two attached hydrogens (primary N) is 1. The van der Waals surface area contributed by atoms with E-state index in [0.717, 1.165) is 12.8 Å². The van der Waals surface area contributed by atoms with Gasteiger partial charge in [-0.2, -0.15) is 0 Å². The molecule has 2 N–H and O–H groups in total. The Bertz CT molecular complexity index is 377. The lowest BCUT2D eigenvalue weighted by atomic mass is 10.5. The van der Waals surface area contributed by atoms with E-state index in [0.29, 0.717) is 22.9 Å². The number of amides is 1. The number of hydrogen-bond donors (Lipinski definition) is 1. The zero-order chi connectivity index (χ0) is 11.5. The second kappa shape index (κ2) is 4.84. The van der Waals surface area contributed by atoms with Crippen LogP contribution in [0, 0.1) is 0 Å². The fourth-order valence-corrected chi connectivity index (χ4v) is 1.97. The fourth-order valence-electron chi connectivity index (χ4n) is 1.27. The molecule has 16 heavy (non-hydrogen) atoms. The zero-order valence-electron chi connectivity index (χ0n) is 9.05. The molecule has 0 saturated heterocycles. The monoisotopic (exact) mass is 242 g/mol. The van der Waals surface area contributed by atoms with Gasteiger partial charge in [-0.05, 0) is 12.8 Å². The third-order valence-electron chi connectivity index (χ3n) is 2.43. The number of nitrogens with zero attached hydrogens (tertiary/aromatic N) is 3. The van der Waals surface area contributed by atoms with Gasteiger partial charge in [0.15, 0.2) is 0 Å². The van der Waals surface area contributed by atoms with Gasteiger partial charge in [0.1, 0.15) is 0 Å². The van der Waals surface area contributed by atoms with Crippen molar-refractivity contribution in [3.8, 4) is 0 Å². The highest BCUT2D eigenvalue weighted by molar-refractivity contribution is 7.99. The summed E-state index contributed by atoms with van der Waals surface area (Å²) in [5.41, 5.74) is 5.33. The number of rotatable bonds is 5.